The molecule has 4 atom stereocenters. The van der Waals surface area contributed by atoms with Crippen LogP contribution in [-0.4, -0.2) is 61.9 Å². The van der Waals surface area contributed by atoms with E-state index < -0.39 is 30.3 Å². The lowest BCUT2D eigenvalue weighted by atomic mass is 10.1. The Balaban J connectivity index is 1.83. The maximum Gasteiger partial charge on any atom is 0.278 e. The van der Waals surface area contributed by atoms with Crippen LogP contribution in [0.15, 0.2) is 23.8 Å². The summed E-state index contributed by atoms with van der Waals surface area (Å²) >= 11 is 0. The monoisotopic (exact) mass is 363 g/mol. The molecular formula is C16H21N5O5. The summed E-state index contributed by atoms with van der Waals surface area (Å²) in [4.78, 5) is 23.3. The second kappa shape index (κ2) is 6.16. The van der Waals surface area contributed by atoms with Gasteiger partial charge in [0.15, 0.2) is 23.2 Å². The summed E-state index contributed by atoms with van der Waals surface area (Å²) in [6.07, 6.45) is 0.848. The van der Waals surface area contributed by atoms with Gasteiger partial charge in [0.2, 0.25) is 5.95 Å². The van der Waals surface area contributed by atoms with Gasteiger partial charge in [-0.25, -0.2) is 9.97 Å². The Hall–Kier alpha value is -2.27. The van der Waals surface area contributed by atoms with Gasteiger partial charge in [-0.2, -0.15) is 0 Å². The molecule has 0 amide bonds. The third kappa shape index (κ3) is 2.62. The van der Waals surface area contributed by atoms with Gasteiger partial charge in [-0.1, -0.05) is 6.08 Å². The van der Waals surface area contributed by atoms with Crippen LogP contribution in [0.1, 0.15) is 20.1 Å². The van der Waals surface area contributed by atoms with Crippen molar-refractivity contribution in [3.8, 4) is 0 Å². The number of aliphatic hydroxyl groups is 1. The maximum absolute atomic E-state index is 12.1. The van der Waals surface area contributed by atoms with E-state index in [0.717, 1.165) is 0 Å². The van der Waals surface area contributed by atoms with E-state index in [1.165, 1.54) is 6.33 Å². The third-order valence-corrected chi connectivity index (χ3v) is 4.45. The molecule has 2 aromatic rings. The Kier molecular flexibility index (Phi) is 4.07. The summed E-state index contributed by atoms with van der Waals surface area (Å²) in [5.41, 5.74) is 0.188. The SMILES string of the molecule is C=CCNc1nc2c(=O)[nH]cnc2n1C1OC(CO)C2OC(C)(C)OC21. The number of fused-ring (bicyclic) bond motifs is 2. The van der Waals surface area contributed by atoms with Crippen molar-refractivity contribution in [1.82, 2.24) is 19.5 Å². The number of H-pyrrole nitrogens is 1. The highest BCUT2D eigenvalue weighted by atomic mass is 16.8. The molecule has 2 fully saturated rings. The van der Waals surface area contributed by atoms with Crippen molar-refractivity contribution in [2.45, 2.75) is 44.2 Å². The molecule has 4 unspecified atom stereocenters. The normalized spacial score (nSPS) is 29.8. The molecule has 2 aromatic heterocycles. The predicted octanol–water partition coefficient (Wildman–Crippen LogP) is 0.127. The zero-order valence-corrected chi connectivity index (χ0v) is 14.5. The first kappa shape index (κ1) is 17.2. The predicted molar refractivity (Wildman–Crippen MR) is 91.7 cm³/mol. The average Bonchev–Trinajstić information content (AvgIpc) is 3.21. The highest BCUT2D eigenvalue weighted by Gasteiger charge is 2.56. The minimum Gasteiger partial charge on any atom is -0.394 e. The first-order chi connectivity index (χ1) is 12.4. The number of rotatable bonds is 5. The van der Waals surface area contributed by atoms with E-state index in [9.17, 15) is 9.90 Å². The number of aromatic amines is 1. The van der Waals surface area contributed by atoms with Gasteiger partial charge in [-0.05, 0) is 13.8 Å². The van der Waals surface area contributed by atoms with Crippen molar-refractivity contribution in [3.63, 3.8) is 0 Å². The fourth-order valence-electron chi connectivity index (χ4n) is 3.46. The van der Waals surface area contributed by atoms with Gasteiger partial charge < -0.3 is 29.6 Å². The number of aromatic nitrogens is 4. The van der Waals surface area contributed by atoms with Crippen LogP contribution in [0.3, 0.4) is 0 Å². The van der Waals surface area contributed by atoms with Gasteiger partial charge in [0.05, 0.1) is 12.9 Å². The molecule has 10 heteroatoms. The number of imidazole rings is 1. The van der Waals surface area contributed by atoms with Crippen molar-refractivity contribution in [2.24, 2.45) is 0 Å². The molecule has 2 aliphatic heterocycles. The molecule has 3 N–H and O–H groups in total. The number of anilines is 1. The topological polar surface area (TPSA) is 124 Å². The minimum absolute atomic E-state index is 0.185. The van der Waals surface area contributed by atoms with Crippen LogP contribution >= 0.6 is 0 Å². The van der Waals surface area contributed by atoms with Crippen molar-refractivity contribution in [1.29, 1.82) is 0 Å². The highest BCUT2D eigenvalue weighted by Crippen LogP contribution is 2.44. The summed E-state index contributed by atoms with van der Waals surface area (Å²) in [6.45, 7) is 7.52. The Morgan fingerprint density at radius 3 is 2.96 bits per heavy atom. The van der Waals surface area contributed by atoms with E-state index in [0.29, 0.717) is 18.1 Å². The van der Waals surface area contributed by atoms with Gasteiger partial charge in [-0.15, -0.1) is 6.58 Å². The van der Waals surface area contributed by atoms with Crippen molar-refractivity contribution in [2.75, 3.05) is 18.5 Å². The lowest BCUT2D eigenvalue weighted by molar-refractivity contribution is -0.199. The largest absolute Gasteiger partial charge is 0.394 e. The van der Waals surface area contributed by atoms with Crippen LogP contribution in [0, 0.1) is 0 Å². The second-order valence-electron chi connectivity index (χ2n) is 6.69. The first-order valence-corrected chi connectivity index (χ1v) is 8.37. The highest BCUT2D eigenvalue weighted by molar-refractivity contribution is 5.73. The molecule has 10 nitrogen and oxygen atoms in total. The van der Waals surface area contributed by atoms with Crippen LogP contribution in [0.25, 0.3) is 11.2 Å². The molecule has 26 heavy (non-hydrogen) atoms. The van der Waals surface area contributed by atoms with Crippen LogP contribution < -0.4 is 10.9 Å². The van der Waals surface area contributed by atoms with Crippen LogP contribution in [0.4, 0.5) is 5.95 Å². The van der Waals surface area contributed by atoms with Crippen LogP contribution in [-0.2, 0) is 14.2 Å². The summed E-state index contributed by atoms with van der Waals surface area (Å²) < 4.78 is 19.6. The molecule has 0 bridgehead atoms. The molecule has 0 saturated carbocycles. The van der Waals surface area contributed by atoms with E-state index >= 15 is 0 Å². The Bertz CT molecular complexity index is 891. The van der Waals surface area contributed by atoms with Crippen LogP contribution in [0.2, 0.25) is 0 Å². The lowest BCUT2D eigenvalue weighted by Crippen LogP contribution is -2.31. The van der Waals surface area contributed by atoms with Gasteiger partial charge >= 0.3 is 0 Å². The molecule has 140 valence electrons. The molecule has 0 spiro atoms. The number of aliphatic hydroxyl groups excluding tert-OH is 1. The lowest BCUT2D eigenvalue weighted by Gasteiger charge is -2.25. The maximum atomic E-state index is 12.1. The van der Waals surface area contributed by atoms with E-state index in [-0.39, 0.29) is 17.7 Å². The van der Waals surface area contributed by atoms with Gasteiger partial charge in [-0.3, -0.25) is 9.36 Å². The van der Waals surface area contributed by atoms with Crippen molar-refractivity contribution >= 4 is 17.1 Å². The zero-order valence-electron chi connectivity index (χ0n) is 14.5. The number of hydrogen-bond acceptors (Lipinski definition) is 8. The Morgan fingerprint density at radius 2 is 2.23 bits per heavy atom. The molecule has 2 saturated heterocycles. The summed E-state index contributed by atoms with van der Waals surface area (Å²) in [7, 11) is 0. The molecule has 2 aliphatic rings. The van der Waals surface area contributed by atoms with E-state index in [4.69, 9.17) is 14.2 Å². The summed E-state index contributed by atoms with van der Waals surface area (Å²) in [6, 6.07) is 0. The quantitative estimate of drug-likeness (QED) is 0.641. The number of nitrogens with zero attached hydrogens (tertiary/aromatic N) is 3. The van der Waals surface area contributed by atoms with Gasteiger partial charge in [0, 0.05) is 6.54 Å². The second-order valence-corrected chi connectivity index (χ2v) is 6.69. The standard InChI is InChI=1S/C16H21N5O5/c1-4-5-17-15-20-9-12(18-7-19-13(9)23)21(15)14-11-10(8(6-22)24-14)25-16(2,3)26-11/h4,7-8,10-11,14,22H,1,5-6H2,2-3H3,(H,17,20)(H,18,19,23). The number of nitrogens with one attached hydrogen (secondary N) is 2. The fraction of sp³-hybridized carbons (Fsp3) is 0.562. The van der Waals surface area contributed by atoms with Crippen molar-refractivity contribution < 1.29 is 19.3 Å². The molecule has 4 rings (SSSR count). The number of hydrogen-bond donors (Lipinski definition) is 3. The van der Waals surface area contributed by atoms with Crippen LogP contribution in [0.5, 0.6) is 0 Å². The summed E-state index contributed by atoms with van der Waals surface area (Å²) in [5, 5.41) is 12.8. The van der Waals surface area contributed by atoms with E-state index in [1.54, 1.807) is 10.6 Å². The Morgan fingerprint density at radius 1 is 1.46 bits per heavy atom. The van der Waals surface area contributed by atoms with Gasteiger partial charge in [0.1, 0.15) is 18.3 Å². The molecule has 0 aliphatic carbocycles. The van der Waals surface area contributed by atoms with E-state index in [1.807, 2.05) is 13.8 Å². The smallest absolute Gasteiger partial charge is 0.278 e. The van der Waals surface area contributed by atoms with Crippen molar-refractivity contribution in [3.05, 3.63) is 29.3 Å². The summed E-state index contributed by atoms with van der Waals surface area (Å²) in [5.74, 6) is -0.402. The van der Waals surface area contributed by atoms with Gasteiger partial charge in [0.25, 0.3) is 5.56 Å². The number of ether oxygens (including phenoxy) is 3. The third-order valence-electron chi connectivity index (χ3n) is 4.45. The van der Waals surface area contributed by atoms with E-state index in [2.05, 4.69) is 26.8 Å². The first-order valence-electron chi connectivity index (χ1n) is 8.37. The average molecular weight is 363 g/mol. The zero-order chi connectivity index (χ0) is 18.5. The minimum atomic E-state index is -0.805. The molecule has 4 heterocycles. The fourth-order valence-corrected chi connectivity index (χ4v) is 3.46. The molecular weight excluding hydrogens is 342 g/mol. The molecule has 0 aromatic carbocycles. The molecule has 0 radical (unpaired) electrons. The Labute approximate surface area is 148 Å².